The molecule has 156 valence electrons. The van der Waals surface area contributed by atoms with Crippen molar-refractivity contribution in [3.63, 3.8) is 0 Å². The molecule has 0 saturated heterocycles. The number of fused-ring (bicyclic) bond motifs is 1. The molecule has 30 heavy (non-hydrogen) atoms. The topological polar surface area (TPSA) is 136 Å². The van der Waals surface area contributed by atoms with Crippen LogP contribution in [0.1, 0.15) is 33.2 Å². The Bertz CT molecular complexity index is 1280. The van der Waals surface area contributed by atoms with Gasteiger partial charge in [-0.3, -0.25) is 14.9 Å². The second-order valence-corrected chi connectivity index (χ2v) is 8.59. The molecule has 0 aliphatic carbocycles. The van der Waals surface area contributed by atoms with Crippen LogP contribution in [0.25, 0.3) is 10.9 Å². The maximum absolute atomic E-state index is 12.5. The van der Waals surface area contributed by atoms with E-state index in [1.54, 1.807) is 12.3 Å². The van der Waals surface area contributed by atoms with Gasteiger partial charge in [-0.2, -0.15) is 0 Å². The molecule has 0 aliphatic heterocycles. The molecule has 1 aromatic heterocycles. The van der Waals surface area contributed by atoms with Crippen LogP contribution in [0.4, 0.5) is 5.69 Å². The Morgan fingerprint density at radius 3 is 2.57 bits per heavy atom. The number of nitrogens with one attached hydrogen (secondary N) is 1. The van der Waals surface area contributed by atoms with Gasteiger partial charge < -0.3 is 9.72 Å². The monoisotopic (exact) mass is 430 g/mol. The lowest BCUT2D eigenvalue weighted by Crippen LogP contribution is -2.14. The van der Waals surface area contributed by atoms with E-state index in [0.717, 1.165) is 42.0 Å². The van der Waals surface area contributed by atoms with Crippen LogP contribution in [0.5, 0.6) is 0 Å². The summed E-state index contributed by atoms with van der Waals surface area (Å²) in [5, 5.41) is 11.9. The summed E-state index contributed by atoms with van der Waals surface area (Å²) in [4.78, 5) is 37.6. The summed E-state index contributed by atoms with van der Waals surface area (Å²) >= 11 is 0. The van der Waals surface area contributed by atoms with Crippen molar-refractivity contribution in [1.82, 2.24) is 4.98 Å². The van der Waals surface area contributed by atoms with Gasteiger partial charge in [-0.1, -0.05) is 25.1 Å². The number of H-pyrrole nitrogens is 1. The number of ketones is 1. The van der Waals surface area contributed by atoms with Crippen molar-refractivity contribution in [2.24, 2.45) is 0 Å². The first-order valence-electron chi connectivity index (χ1n) is 8.91. The molecule has 3 aromatic rings. The second-order valence-electron chi connectivity index (χ2n) is 6.61. The Morgan fingerprint density at radius 2 is 1.93 bits per heavy atom. The summed E-state index contributed by atoms with van der Waals surface area (Å²) in [6.07, 6.45) is 3.16. The number of nitro groups is 1. The third kappa shape index (κ3) is 4.08. The van der Waals surface area contributed by atoms with E-state index in [9.17, 15) is 28.1 Å². The third-order valence-electron chi connectivity index (χ3n) is 4.61. The SMILES string of the molecule is CCc1cccc2c(C(=O)COC(=O)c3ccc(S(C)(=O)=O)c([N+](=O)[O-])c3)c[nH]c12. The molecule has 2 aromatic carbocycles. The molecule has 0 radical (unpaired) electrons. The lowest BCUT2D eigenvalue weighted by Gasteiger charge is -2.06. The number of carbonyl (C=O) groups is 2. The van der Waals surface area contributed by atoms with Crippen LogP contribution in [0, 0.1) is 10.1 Å². The highest BCUT2D eigenvalue weighted by molar-refractivity contribution is 7.90. The number of aromatic nitrogens is 1. The van der Waals surface area contributed by atoms with Crippen LogP contribution >= 0.6 is 0 Å². The summed E-state index contributed by atoms with van der Waals surface area (Å²) in [6.45, 7) is 1.43. The number of carbonyl (C=O) groups excluding carboxylic acids is 2. The van der Waals surface area contributed by atoms with Crippen molar-refractivity contribution in [3.8, 4) is 0 Å². The fourth-order valence-corrected chi connectivity index (χ4v) is 3.96. The highest BCUT2D eigenvalue weighted by Crippen LogP contribution is 2.26. The molecule has 9 nitrogen and oxygen atoms in total. The standard InChI is InChI=1S/C20H18N2O7S/c1-3-12-5-4-6-14-15(10-21-19(12)14)17(23)11-29-20(24)13-7-8-18(30(2,27)28)16(9-13)22(25)26/h4-10,21H,3,11H2,1-2H3. The van der Waals surface area contributed by atoms with Gasteiger partial charge in [0.2, 0.25) is 5.78 Å². The van der Waals surface area contributed by atoms with Crippen LogP contribution in [-0.4, -0.2) is 42.9 Å². The van der Waals surface area contributed by atoms with Gasteiger partial charge in [0.25, 0.3) is 5.69 Å². The van der Waals surface area contributed by atoms with E-state index < -0.39 is 43.7 Å². The number of esters is 1. The van der Waals surface area contributed by atoms with Gasteiger partial charge in [0.1, 0.15) is 4.90 Å². The average molecular weight is 430 g/mol. The van der Waals surface area contributed by atoms with Gasteiger partial charge in [0, 0.05) is 35.0 Å². The van der Waals surface area contributed by atoms with Gasteiger partial charge in [-0.25, -0.2) is 13.2 Å². The van der Waals surface area contributed by atoms with Crippen molar-refractivity contribution < 1.29 is 27.7 Å². The summed E-state index contributed by atoms with van der Waals surface area (Å²) < 4.78 is 28.3. The largest absolute Gasteiger partial charge is 0.454 e. The van der Waals surface area contributed by atoms with Crippen LogP contribution in [0.2, 0.25) is 0 Å². The minimum Gasteiger partial charge on any atom is -0.454 e. The molecule has 0 spiro atoms. The fraction of sp³-hybridized carbons (Fsp3) is 0.200. The minimum absolute atomic E-state index is 0.228. The first-order chi connectivity index (χ1) is 14.1. The summed E-state index contributed by atoms with van der Waals surface area (Å²) in [5.41, 5.74) is 1.28. The Morgan fingerprint density at radius 1 is 1.20 bits per heavy atom. The summed E-state index contributed by atoms with van der Waals surface area (Å²) in [7, 11) is -3.85. The van der Waals surface area contributed by atoms with E-state index in [1.165, 1.54) is 0 Å². The first-order valence-corrected chi connectivity index (χ1v) is 10.8. The van der Waals surface area contributed by atoms with Gasteiger partial charge in [0.05, 0.1) is 10.5 Å². The van der Waals surface area contributed by atoms with Crippen LogP contribution in [0.15, 0.2) is 47.5 Å². The number of aromatic amines is 1. The second kappa shape index (κ2) is 8.07. The zero-order valence-electron chi connectivity index (χ0n) is 16.2. The normalized spacial score (nSPS) is 11.4. The van der Waals surface area contributed by atoms with Crippen molar-refractivity contribution in [1.29, 1.82) is 0 Å². The average Bonchev–Trinajstić information content (AvgIpc) is 3.14. The summed E-state index contributed by atoms with van der Waals surface area (Å²) in [5.74, 6) is -1.41. The lowest BCUT2D eigenvalue weighted by molar-refractivity contribution is -0.387. The minimum atomic E-state index is -3.85. The van der Waals surface area contributed by atoms with Gasteiger partial charge in [-0.05, 0) is 24.1 Å². The van der Waals surface area contributed by atoms with Gasteiger partial charge in [-0.15, -0.1) is 0 Å². The Labute approximate surface area is 171 Å². The molecule has 1 heterocycles. The molecule has 0 atom stereocenters. The summed E-state index contributed by atoms with van der Waals surface area (Å²) in [6, 6.07) is 8.46. The van der Waals surface area contributed by atoms with Crippen molar-refractivity contribution in [2.45, 2.75) is 18.2 Å². The van der Waals surface area contributed by atoms with E-state index in [2.05, 4.69) is 4.98 Å². The number of para-hydroxylation sites is 1. The molecule has 0 saturated carbocycles. The van der Waals surface area contributed by atoms with E-state index in [0.29, 0.717) is 10.9 Å². The predicted molar refractivity (Wildman–Crippen MR) is 108 cm³/mol. The van der Waals surface area contributed by atoms with Crippen LogP contribution < -0.4 is 0 Å². The van der Waals surface area contributed by atoms with E-state index in [4.69, 9.17) is 4.74 Å². The predicted octanol–water partition coefficient (Wildman–Crippen LogP) is 3.08. The molecule has 10 heteroatoms. The maximum atomic E-state index is 12.5. The molecular formula is C20H18N2O7S. The molecule has 0 fully saturated rings. The highest BCUT2D eigenvalue weighted by atomic mass is 32.2. The van der Waals surface area contributed by atoms with Gasteiger partial charge >= 0.3 is 5.97 Å². The number of hydrogen-bond donors (Lipinski definition) is 1. The van der Waals surface area contributed by atoms with E-state index >= 15 is 0 Å². The maximum Gasteiger partial charge on any atom is 0.338 e. The number of aryl methyl sites for hydroxylation is 1. The molecule has 3 rings (SSSR count). The number of nitro benzene ring substituents is 1. The van der Waals surface area contributed by atoms with Crippen molar-refractivity contribution in [3.05, 3.63) is 69.4 Å². The number of ether oxygens (including phenoxy) is 1. The molecule has 0 amide bonds. The molecule has 1 N–H and O–H groups in total. The number of sulfone groups is 1. The van der Waals surface area contributed by atoms with Crippen molar-refractivity contribution >= 4 is 38.2 Å². The number of Topliss-reactive ketones (excluding diaryl/α,β-unsaturated/α-hetero) is 1. The molecular weight excluding hydrogens is 412 g/mol. The number of hydrogen-bond acceptors (Lipinski definition) is 7. The van der Waals surface area contributed by atoms with Gasteiger partial charge in [0.15, 0.2) is 16.4 Å². The fourth-order valence-electron chi connectivity index (χ4n) is 3.14. The number of rotatable bonds is 7. The highest BCUT2D eigenvalue weighted by Gasteiger charge is 2.25. The van der Waals surface area contributed by atoms with Crippen molar-refractivity contribution in [2.75, 3.05) is 12.9 Å². The van der Waals surface area contributed by atoms with Crippen LogP contribution in [-0.2, 0) is 21.0 Å². The smallest absolute Gasteiger partial charge is 0.338 e. The number of nitrogens with zero attached hydrogens (tertiary/aromatic N) is 1. The Hall–Kier alpha value is -3.53. The Balaban J connectivity index is 1.80. The zero-order chi connectivity index (χ0) is 22.1. The molecule has 0 bridgehead atoms. The molecule has 0 aliphatic rings. The third-order valence-corrected chi connectivity index (χ3v) is 5.75. The van der Waals surface area contributed by atoms with Crippen LogP contribution in [0.3, 0.4) is 0 Å². The zero-order valence-corrected chi connectivity index (χ0v) is 17.0. The quantitative estimate of drug-likeness (QED) is 0.263. The van der Waals surface area contributed by atoms with E-state index in [-0.39, 0.29) is 5.56 Å². The molecule has 0 unspecified atom stereocenters. The first kappa shape index (κ1) is 21.2. The van der Waals surface area contributed by atoms with E-state index in [1.807, 2.05) is 19.1 Å². The number of benzene rings is 2. The Kier molecular flexibility index (Phi) is 5.70. The lowest BCUT2D eigenvalue weighted by atomic mass is 10.1.